The largest absolute Gasteiger partial charge is 0.477 e. The third kappa shape index (κ3) is 1.65. The molecule has 0 aliphatic heterocycles. The maximum atomic E-state index is 10.1. The molecule has 0 aromatic heterocycles. The van der Waals surface area contributed by atoms with Gasteiger partial charge in [0.15, 0.2) is 11.9 Å². The average Bonchev–Trinajstić information content (AvgIpc) is 1.88. The Labute approximate surface area is 54.9 Å². The molecule has 5 nitrogen and oxygen atoms in total. The molecular weight excluding hydrogens is 140 g/mol. The van der Waals surface area contributed by atoms with Crippen molar-refractivity contribution in [3.05, 3.63) is 5.57 Å². The fourth-order valence-electron chi connectivity index (χ4n) is 0.258. The Balaban J connectivity index is 4.72. The molecule has 0 amide bonds. The van der Waals surface area contributed by atoms with Gasteiger partial charge in [-0.15, -0.1) is 0 Å². The van der Waals surface area contributed by atoms with E-state index in [1.165, 1.54) is 0 Å². The third-order valence-corrected chi connectivity index (χ3v) is 0.669. The number of hydrogen-bond acceptors (Lipinski definition) is 4. The first-order valence-electron chi connectivity index (χ1n) is 2.11. The summed E-state index contributed by atoms with van der Waals surface area (Å²) in [6, 6.07) is 0. The van der Waals surface area contributed by atoms with E-state index in [9.17, 15) is 19.2 Å². The second kappa shape index (κ2) is 3.32. The van der Waals surface area contributed by atoms with Gasteiger partial charge in [0.2, 0.25) is 5.78 Å². The topological polar surface area (TPSA) is 88.5 Å². The number of ketones is 1. The Kier molecular flexibility index (Phi) is 2.74. The standard InChI is InChI=1S/C5H2O5/c6-1-3(5(9)10)4(8)2-7/h2H,(H,9,10). The SMILES string of the molecule is O=C=C(C(=O)O)C(=O)C=O. The highest BCUT2D eigenvalue weighted by molar-refractivity contribution is 6.43. The lowest BCUT2D eigenvalue weighted by atomic mass is 10.2. The van der Waals surface area contributed by atoms with Gasteiger partial charge in [0.25, 0.3) is 0 Å². The van der Waals surface area contributed by atoms with Crippen LogP contribution in [0, 0.1) is 0 Å². The molecule has 0 spiro atoms. The van der Waals surface area contributed by atoms with Gasteiger partial charge in [-0.1, -0.05) is 0 Å². The van der Waals surface area contributed by atoms with Gasteiger partial charge in [-0.05, 0) is 0 Å². The van der Waals surface area contributed by atoms with Crippen LogP contribution in [-0.2, 0) is 19.2 Å². The highest BCUT2D eigenvalue weighted by Gasteiger charge is 2.16. The molecule has 0 bridgehead atoms. The Morgan fingerprint density at radius 1 is 1.40 bits per heavy atom. The van der Waals surface area contributed by atoms with Crippen LogP contribution in [0.2, 0.25) is 0 Å². The number of Topliss-reactive ketones (excluding diaryl/α,β-unsaturated/α-hetero) is 1. The van der Waals surface area contributed by atoms with Crippen LogP contribution in [-0.4, -0.2) is 29.1 Å². The van der Waals surface area contributed by atoms with Crippen molar-refractivity contribution in [1.29, 1.82) is 0 Å². The summed E-state index contributed by atoms with van der Waals surface area (Å²) in [5.74, 6) is -2.28. The zero-order chi connectivity index (χ0) is 8.15. The molecule has 52 valence electrons. The summed E-state index contributed by atoms with van der Waals surface area (Å²) in [6.07, 6.45) is -0.256. The Hall–Kier alpha value is -1.74. The highest BCUT2D eigenvalue weighted by atomic mass is 16.4. The lowest BCUT2D eigenvalue weighted by molar-refractivity contribution is -0.136. The molecule has 0 rings (SSSR count). The number of carboxylic acids is 1. The van der Waals surface area contributed by atoms with Gasteiger partial charge >= 0.3 is 5.97 Å². The molecule has 0 unspecified atom stereocenters. The van der Waals surface area contributed by atoms with Crippen molar-refractivity contribution in [3.8, 4) is 0 Å². The van der Waals surface area contributed by atoms with Gasteiger partial charge < -0.3 is 5.11 Å². The fraction of sp³-hybridized carbons (Fsp3) is 0. The van der Waals surface area contributed by atoms with Crippen molar-refractivity contribution < 1.29 is 24.3 Å². The second-order valence-corrected chi connectivity index (χ2v) is 1.26. The van der Waals surface area contributed by atoms with Crippen LogP contribution in [0.1, 0.15) is 0 Å². The van der Waals surface area contributed by atoms with E-state index in [2.05, 4.69) is 0 Å². The van der Waals surface area contributed by atoms with E-state index < -0.39 is 17.3 Å². The maximum Gasteiger partial charge on any atom is 0.351 e. The molecule has 0 fully saturated rings. The van der Waals surface area contributed by atoms with Crippen molar-refractivity contribution in [1.82, 2.24) is 0 Å². The average molecular weight is 142 g/mol. The minimum atomic E-state index is -1.74. The first-order valence-corrected chi connectivity index (χ1v) is 2.11. The molecule has 1 N–H and O–H groups in total. The minimum absolute atomic E-state index is 0.256. The van der Waals surface area contributed by atoms with Gasteiger partial charge in [0.1, 0.15) is 5.94 Å². The zero-order valence-corrected chi connectivity index (χ0v) is 4.66. The zero-order valence-electron chi connectivity index (χ0n) is 4.66. The molecule has 0 aliphatic rings. The molecule has 0 radical (unpaired) electrons. The molecular formula is C5H2O5. The Bertz CT molecular complexity index is 232. The number of hydrogen-bond donors (Lipinski definition) is 1. The van der Waals surface area contributed by atoms with Crippen LogP contribution in [0.15, 0.2) is 5.57 Å². The van der Waals surface area contributed by atoms with Crippen LogP contribution in [0.5, 0.6) is 0 Å². The van der Waals surface area contributed by atoms with Crippen LogP contribution in [0.25, 0.3) is 0 Å². The van der Waals surface area contributed by atoms with Gasteiger partial charge in [-0.25, -0.2) is 9.59 Å². The lowest BCUT2D eigenvalue weighted by Gasteiger charge is -1.84. The third-order valence-electron chi connectivity index (χ3n) is 0.669. The Morgan fingerprint density at radius 3 is 2.00 bits per heavy atom. The van der Waals surface area contributed by atoms with Crippen molar-refractivity contribution in [2.45, 2.75) is 0 Å². The normalized spacial score (nSPS) is 7.60. The van der Waals surface area contributed by atoms with Gasteiger partial charge in [0, 0.05) is 0 Å². The van der Waals surface area contributed by atoms with Crippen molar-refractivity contribution >= 4 is 24.0 Å². The molecule has 0 saturated carbocycles. The number of carboxylic acid groups (broad SMARTS) is 1. The highest BCUT2D eigenvalue weighted by Crippen LogP contribution is 1.86. The monoisotopic (exact) mass is 142 g/mol. The summed E-state index contributed by atoms with van der Waals surface area (Å²) >= 11 is 0. The van der Waals surface area contributed by atoms with E-state index in [0.29, 0.717) is 0 Å². The first kappa shape index (κ1) is 8.26. The molecule has 0 atom stereocenters. The number of carbonyl (C=O) groups excluding carboxylic acids is 3. The van der Waals surface area contributed by atoms with E-state index in [1.807, 2.05) is 0 Å². The Morgan fingerprint density at radius 2 is 1.90 bits per heavy atom. The molecule has 5 heteroatoms. The molecule has 0 aromatic rings. The van der Waals surface area contributed by atoms with E-state index in [1.54, 1.807) is 0 Å². The summed E-state index contributed by atoms with van der Waals surface area (Å²) in [6.45, 7) is 0. The van der Waals surface area contributed by atoms with Crippen LogP contribution in [0.4, 0.5) is 0 Å². The van der Waals surface area contributed by atoms with Crippen molar-refractivity contribution in [2.75, 3.05) is 0 Å². The molecule has 10 heavy (non-hydrogen) atoms. The van der Waals surface area contributed by atoms with Crippen molar-refractivity contribution in [2.24, 2.45) is 0 Å². The predicted molar refractivity (Wildman–Crippen MR) is 27.9 cm³/mol. The number of aliphatic carboxylic acids is 1. The van der Waals surface area contributed by atoms with Gasteiger partial charge in [-0.2, -0.15) is 0 Å². The molecule has 0 heterocycles. The van der Waals surface area contributed by atoms with E-state index in [0.717, 1.165) is 5.94 Å². The quantitative estimate of drug-likeness (QED) is 0.131. The van der Waals surface area contributed by atoms with E-state index in [4.69, 9.17) is 5.11 Å². The number of aldehydes is 1. The van der Waals surface area contributed by atoms with Crippen LogP contribution >= 0.6 is 0 Å². The summed E-state index contributed by atoms with van der Waals surface area (Å²) in [7, 11) is 0. The molecule has 0 aromatic carbocycles. The number of carbonyl (C=O) groups is 3. The number of rotatable bonds is 3. The summed E-state index contributed by atoms with van der Waals surface area (Å²) in [5, 5.41) is 8.00. The summed E-state index contributed by atoms with van der Waals surface area (Å²) in [4.78, 5) is 39.2. The summed E-state index contributed by atoms with van der Waals surface area (Å²) < 4.78 is 0. The first-order chi connectivity index (χ1) is 4.63. The second-order valence-electron chi connectivity index (χ2n) is 1.26. The van der Waals surface area contributed by atoms with E-state index in [-0.39, 0.29) is 6.29 Å². The van der Waals surface area contributed by atoms with Gasteiger partial charge in [0.05, 0.1) is 0 Å². The molecule has 0 aliphatic carbocycles. The van der Waals surface area contributed by atoms with Crippen LogP contribution < -0.4 is 0 Å². The lowest BCUT2D eigenvalue weighted by Crippen LogP contribution is -2.13. The predicted octanol–water partition coefficient (Wildman–Crippen LogP) is -1.40. The minimum Gasteiger partial charge on any atom is -0.477 e. The van der Waals surface area contributed by atoms with Crippen molar-refractivity contribution in [3.63, 3.8) is 0 Å². The van der Waals surface area contributed by atoms with Gasteiger partial charge in [-0.3, -0.25) is 9.59 Å². The summed E-state index contributed by atoms with van der Waals surface area (Å²) in [5.41, 5.74) is -1.17. The maximum absolute atomic E-state index is 10.1. The smallest absolute Gasteiger partial charge is 0.351 e. The molecule has 0 saturated heterocycles. The van der Waals surface area contributed by atoms with Crippen LogP contribution in [0.3, 0.4) is 0 Å². The fourth-order valence-corrected chi connectivity index (χ4v) is 0.258. The van der Waals surface area contributed by atoms with E-state index >= 15 is 0 Å².